The number of hydrogen-bond donors (Lipinski definition) is 2. The molecule has 6 heteroatoms. The molecule has 0 fully saturated rings. The van der Waals surface area contributed by atoms with Gasteiger partial charge in [0, 0.05) is 28.2 Å². The molecule has 0 bridgehead atoms. The molecule has 1 aromatic carbocycles. The second-order valence-corrected chi connectivity index (χ2v) is 4.95. The van der Waals surface area contributed by atoms with Gasteiger partial charge in [0.25, 0.3) is 0 Å². The predicted octanol–water partition coefficient (Wildman–Crippen LogP) is 3.04. The van der Waals surface area contributed by atoms with Gasteiger partial charge in [-0.2, -0.15) is 0 Å². The maximum atomic E-state index is 12.5. The number of benzene rings is 1. The number of aromatic amines is 1. The highest BCUT2D eigenvalue weighted by molar-refractivity contribution is 6.31. The summed E-state index contributed by atoms with van der Waals surface area (Å²) in [5, 5.41) is 1.33. The summed E-state index contributed by atoms with van der Waals surface area (Å²) in [4.78, 5) is 19.6. The fourth-order valence-electron chi connectivity index (χ4n) is 2.16. The second kappa shape index (κ2) is 5.10. The zero-order chi connectivity index (χ0) is 15.0. The summed E-state index contributed by atoms with van der Waals surface area (Å²) in [6.45, 7) is 0. The van der Waals surface area contributed by atoms with Gasteiger partial charge in [-0.05, 0) is 24.3 Å². The third-order valence-corrected chi connectivity index (χ3v) is 3.46. The van der Waals surface area contributed by atoms with Crippen LogP contribution in [0.5, 0.6) is 5.75 Å². The van der Waals surface area contributed by atoms with Gasteiger partial charge >= 0.3 is 0 Å². The normalized spacial score (nSPS) is 10.8. The summed E-state index contributed by atoms with van der Waals surface area (Å²) in [6, 6.07) is 8.47. The van der Waals surface area contributed by atoms with E-state index in [-0.39, 0.29) is 11.5 Å². The van der Waals surface area contributed by atoms with Crippen LogP contribution < -0.4 is 10.5 Å². The number of H-pyrrole nitrogens is 1. The van der Waals surface area contributed by atoms with Crippen molar-refractivity contribution in [3.63, 3.8) is 0 Å². The van der Waals surface area contributed by atoms with Crippen molar-refractivity contribution >= 4 is 34.0 Å². The van der Waals surface area contributed by atoms with Crippen LogP contribution in [-0.2, 0) is 0 Å². The summed E-state index contributed by atoms with van der Waals surface area (Å²) in [6.07, 6.45) is 1.52. The number of pyridine rings is 1. The molecule has 5 nitrogen and oxygen atoms in total. The van der Waals surface area contributed by atoms with Crippen molar-refractivity contribution in [3.05, 3.63) is 52.9 Å². The topological polar surface area (TPSA) is 81.0 Å². The van der Waals surface area contributed by atoms with Crippen LogP contribution in [-0.4, -0.2) is 22.9 Å². The highest BCUT2D eigenvalue weighted by atomic mass is 35.5. The van der Waals surface area contributed by atoms with Crippen LogP contribution in [0.15, 0.2) is 36.5 Å². The number of carbonyl (C=O) groups excluding carboxylic acids is 1. The molecule has 0 aliphatic rings. The first-order valence-electron chi connectivity index (χ1n) is 6.21. The zero-order valence-corrected chi connectivity index (χ0v) is 11.9. The molecule has 0 radical (unpaired) electrons. The van der Waals surface area contributed by atoms with Crippen molar-refractivity contribution in [2.75, 3.05) is 12.8 Å². The molecule has 3 aromatic rings. The lowest BCUT2D eigenvalue weighted by Crippen LogP contribution is -2.07. The van der Waals surface area contributed by atoms with Crippen LogP contribution in [0.3, 0.4) is 0 Å². The molecule has 0 atom stereocenters. The van der Waals surface area contributed by atoms with E-state index in [1.165, 1.54) is 13.3 Å². The number of fused-ring (bicyclic) bond motifs is 1. The monoisotopic (exact) mass is 301 g/mol. The molecule has 21 heavy (non-hydrogen) atoms. The number of nitrogen functional groups attached to an aromatic ring is 1. The minimum Gasteiger partial charge on any atom is -0.497 e. The quantitative estimate of drug-likeness (QED) is 0.729. The number of rotatable bonds is 3. The van der Waals surface area contributed by atoms with E-state index >= 15 is 0 Å². The molecule has 0 aliphatic carbocycles. The van der Waals surface area contributed by atoms with Crippen LogP contribution >= 0.6 is 11.6 Å². The van der Waals surface area contributed by atoms with Gasteiger partial charge in [0.15, 0.2) is 0 Å². The van der Waals surface area contributed by atoms with Crippen LogP contribution in [0.4, 0.5) is 5.69 Å². The minimum absolute atomic E-state index is 0.263. The van der Waals surface area contributed by atoms with Crippen LogP contribution in [0.25, 0.3) is 10.9 Å². The second-order valence-electron chi connectivity index (χ2n) is 4.51. The first-order valence-corrected chi connectivity index (χ1v) is 6.59. The number of nitrogens with one attached hydrogen (secondary N) is 1. The van der Waals surface area contributed by atoms with Gasteiger partial charge < -0.3 is 15.5 Å². The number of ether oxygens (including phenoxy) is 1. The Balaban J connectivity index is 2.11. The highest BCUT2D eigenvalue weighted by Crippen LogP contribution is 2.28. The van der Waals surface area contributed by atoms with E-state index in [2.05, 4.69) is 9.97 Å². The number of ketones is 1. The Morgan fingerprint density at radius 2 is 2.14 bits per heavy atom. The maximum Gasteiger partial charge on any atom is 0.229 e. The first kappa shape index (κ1) is 13.5. The lowest BCUT2D eigenvalue weighted by molar-refractivity contribution is 0.103. The Bertz CT molecular complexity index is 842. The molecule has 0 spiro atoms. The molecule has 3 N–H and O–H groups in total. The smallest absolute Gasteiger partial charge is 0.229 e. The predicted molar refractivity (Wildman–Crippen MR) is 81.9 cm³/mol. The van der Waals surface area contributed by atoms with Gasteiger partial charge in [-0.1, -0.05) is 11.6 Å². The third-order valence-electron chi connectivity index (χ3n) is 3.23. The molecule has 2 heterocycles. The molecule has 0 saturated heterocycles. The standard InChI is InChI=1S/C15H12ClN3O2/c1-21-9-4-5-18-12(7-9)15(20)14-13(17)10-3-2-8(16)6-11(10)19-14/h2-7,19H,17H2,1H3. The number of carbonyl (C=O) groups is 1. The molecule has 106 valence electrons. The van der Waals surface area contributed by atoms with Gasteiger partial charge in [-0.15, -0.1) is 0 Å². The summed E-state index contributed by atoms with van der Waals surface area (Å²) in [7, 11) is 1.53. The molecule has 0 aliphatic heterocycles. The van der Waals surface area contributed by atoms with Gasteiger partial charge in [0.05, 0.1) is 12.8 Å². The van der Waals surface area contributed by atoms with Crippen molar-refractivity contribution in [2.45, 2.75) is 0 Å². The van der Waals surface area contributed by atoms with Crippen LogP contribution in [0, 0.1) is 0 Å². The SMILES string of the molecule is COc1ccnc(C(=O)c2[nH]c3cc(Cl)ccc3c2N)c1. The summed E-state index contributed by atoms with van der Waals surface area (Å²) in [5.74, 6) is 0.268. The van der Waals surface area contributed by atoms with E-state index in [0.717, 1.165) is 5.39 Å². The number of nitrogens with two attached hydrogens (primary N) is 1. The largest absolute Gasteiger partial charge is 0.497 e. The zero-order valence-electron chi connectivity index (χ0n) is 11.2. The van der Waals surface area contributed by atoms with Gasteiger partial charge in [0.2, 0.25) is 5.78 Å². The summed E-state index contributed by atoms with van der Waals surface area (Å²) in [5.41, 5.74) is 7.71. The Kier molecular flexibility index (Phi) is 3.27. The van der Waals surface area contributed by atoms with E-state index in [1.54, 1.807) is 30.3 Å². The average Bonchev–Trinajstić information content (AvgIpc) is 2.83. The van der Waals surface area contributed by atoms with Crippen molar-refractivity contribution < 1.29 is 9.53 Å². The molecule has 3 rings (SSSR count). The van der Waals surface area contributed by atoms with Crippen LogP contribution in [0.2, 0.25) is 5.02 Å². The molecule has 0 saturated carbocycles. The molecule has 0 unspecified atom stereocenters. The molecule has 2 aromatic heterocycles. The van der Waals surface area contributed by atoms with Crippen LogP contribution in [0.1, 0.15) is 16.2 Å². The van der Waals surface area contributed by atoms with Gasteiger partial charge in [0.1, 0.15) is 17.1 Å². The fourth-order valence-corrected chi connectivity index (χ4v) is 2.33. The molecular weight excluding hydrogens is 290 g/mol. The Morgan fingerprint density at radius 3 is 2.90 bits per heavy atom. The van der Waals surface area contributed by atoms with E-state index in [0.29, 0.717) is 27.7 Å². The fraction of sp³-hybridized carbons (Fsp3) is 0.0667. The van der Waals surface area contributed by atoms with Crippen molar-refractivity contribution in [1.29, 1.82) is 0 Å². The number of methoxy groups -OCH3 is 1. The average molecular weight is 302 g/mol. The first-order chi connectivity index (χ1) is 10.1. The summed E-state index contributed by atoms with van der Waals surface area (Å²) < 4.78 is 5.09. The van der Waals surface area contributed by atoms with Gasteiger partial charge in [-0.25, -0.2) is 0 Å². The number of aromatic nitrogens is 2. The van der Waals surface area contributed by atoms with E-state index in [9.17, 15) is 4.79 Å². The van der Waals surface area contributed by atoms with E-state index < -0.39 is 0 Å². The lowest BCUT2D eigenvalue weighted by Gasteiger charge is -2.02. The van der Waals surface area contributed by atoms with Crippen molar-refractivity contribution in [3.8, 4) is 5.75 Å². The summed E-state index contributed by atoms with van der Waals surface area (Å²) >= 11 is 5.94. The Hall–Kier alpha value is -2.53. The minimum atomic E-state index is -0.293. The van der Waals surface area contributed by atoms with Gasteiger partial charge in [-0.3, -0.25) is 9.78 Å². The highest BCUT2D eigenvalue weighted by Gasteiger charge is 2.19. The molecule has 0 amide bonds. The molecular formula is C15H12ClN3O2. The number of halogens is 1. The number of anilines is 1. The van der Waals surface area contributed by atoms with E-state index in [1.807, 2.05) is 0 Å². The number of hydrogen-bond acceptors (Lipinski definition) is 4. The van der Waals surface area contributed by atoms with Crippen molar-refractivity contribution in [1.82, 2.24) is 9.97 Å². The van der Waals surface area contributed by atoms with E-state index in [4.69, 9.17) is 22.1 Å². The lowest BCUT2D eigenvalue weighted by atomic mass is 10.1. The Labute approximate surface area is 125 Å². The number of nitrogens with zero attached hydrogens (tertiary/aromatic N) is 1. The Morgan fingerprint density at radius 1 is 1.33 bits per heavy atom. The van der Waals surface area contributed by atoms with Crippen molar-refractivity contribution in [2.24, 2.45) is 0 Å². The maximum absolute atomic E-state index is 12.5. The third kappa shape index (κ3) is 2.32.